The van der Waals surface area contributed by atoms with Crippen molar-refractivity contribution in [2.75, 3.05) is 20.3 Å². The standard InChI is InChI=1S/C11H18N2O3/c1-16-5-9(14)13-4-6-2-7-10(13)11(15)8(3-6)12-7/h6-8,10-12,15H,2-5H2,1H3/t6-,7+,8+,10-,11-/m0/s1. The Morgan fingerprint density at radius 2 is 2.25 bits per heavy atom. The Labute approximate surface area is 94.8 Å². The van der Waals surface area contributed by atoms with Crippen molar-refractivity contribution in [2.45, 2.75) is 37.1 Å². The van der Waals surface area contributed by atoms with E-state index in [1.807, 2.05) is 4.90 Å². The molecule has 0 radical (unpaired) electrons. The number of ether oxygens (including phenoxy) is 1. The van der Waals surface area contributed by atoms with Crippen LogP contribution in [0.1, 0.15) is 12.8 Å². The first-order chi connectivity index (χ1) is 7.70. The summed E-state index contributed by atoms with van der Waals surface area (Å²) in [5.41, 5.74) is 0. The summed E-state index contributed by atoms with van der Waals surface area (Å²) in [6, 6.07) is 0.439. The lowest BCUT2D eigenvalue weighted by atomic mass is 9.88. The number of nitrogens with one attached hydrogen (secondary N) is 1. The molecule has 5 atom stereocenters. The normalized spacial score (nSPS) is 45.1. The Balaban J connectivity index is 1.83. The number of carbonyl (C=O) groups is 1. The molecule has 0 spiro atoms. The van der Waals surface area contributed by atoms with Crippen molar-refractivity contribution < 1.29 is 14.6 Å². The topological polar surface area (TPSA) is 61.8 Å². The van der Waals surface area contributed by atoms with E-state index in [0.29, 0.717) is 5.92 Å². The number of fused-ring (bicyclic) bond motifs is 2. The molecule has 3 aliphatic rings. The van der Waals surface area contributed by atoms with Gasteiger partial charge in [-0.25, -0.2) is 0 Å². The summed E-state index contributed by atoms with van der Waals surface area (Å²) in [7, 11) is 1.53. The van der Waals surface area contributed by atoms with E-state index in [0.717, 1.165) is 19.4 Å². The Bertz CT molecular complexity index is 306. The number of carbonyl (C=O) groups excluding carboxylic acids is 1. The van der Waals surface area contributed by atoms with Crippen LogP contribution in [0, 0.1) is 5.92 Å². The van der Waals surface area contributed by atoms with Gasteiger partial charge in [-0.2, -0.15) is 0 Å². The molecule has 3 rings (SSSR count). The van der Waals surface area contributed by atoms with Crippen LogP contribution >= 0.6 is 0 Å². The summed E-state index contributed by atoms with van der Waals surface area (Å²) < 4.78 is 4.90. The minimum Gasteiger partial charge on any atom is -0.389 e. The SMILES string of the molecule is COCC(=O)N1C[C@@H]2C[C@H]3N[C@H](C2)[C@H]1[C@H]3O. The minimum absolute atomic E-state index is 0.00519. The lowest BCUT2D eigenvalue weighted by molar-refractivity contribution is -0.142. The van der Waals surface area contributed by atoms with Crippen LogP contribution in [-0.2, 0) is 9.53 Å². The van der Waals surface area contributed by atoms with Crippen LogP contribution in [0.4, 0.5) is 0 Å². The van der Waals surface area contributed by atoms with Crippen LogP contribution in [0.25, 0.3) is 0 Å². The number of hydrogen-bond donors (Lipinski definition) is 2. The van der Waals surface area contributed by atoms with E-state index in [2.05, 4.69) is 5.32 Å². The highest BCUT2D eigenvalue weighted by Crippen LogP contribution is 2.39. The third-order valence-electron chi connectivity index (χ3n) is 4.18. The van der Waals surface area contributed by atoms with Crippen molar-refractivity contribution >= 4 is 5.91 Å². The largest absolute Gasteiger partial charge is 0.389 e. The molecule has 0 aromatic heterocycles. The van der Waals surface area contributed by atoms with Crippen molar-refractivity contribution in [1.29, 1.82) is 0 Å². The molecular formula is C11H18N2O3. The first-order valence-electron chi connectivity index (χ1n) is 5.93. The average molecular weight is 226 g/mol. The van der Waals surface area contributed by atoms with Crippen molar-refractivity contribution in [1.82, 2.24) is 10.2 Å². The van der Waals surface area contributed by atoms with Crippen molar-refractivity contribution in [2.24, 2.45) is 5.92 Å². The zero-order valence-corrected chi connectivity index (χ0v) is 9.43. The highest BCUT2D eigenvalue weighted by Gasteiger charge is 2.54. The molecule has 5 nitrogen and oxygen atoms in total. The van der Waals surface area contributed by atoms with Gasteiger partial charge in [0.05, 0.1) is 12.1 Å². The molecule has 2 N–H and O–H groups in total. The lowest BCUT2D eigenvalue weighted by Gasteiger charge is -2.42. The van der Waals surface area contributed by atoms with Gasteiger partial charge in [-0.05, 0) is 18.8 Å². The number of amides is 1. The van der Waals surface area contributed by atoms with E-state index in [9.17, 15) is 9.90 Å². The van der Waals surface area contributed by atoms with Crippen LogP contribution in [0.5, 0.6) is 0 Å². The highest BCUT2D eigenvalue weighted by molar-refractivity contribution is 5.78. The molecule has 3 aliphatic heterocycles. The molecule has 0 unspecified atom stereocenters. The number of piperidine rings is 2. The quantitative estimate of drug-likeness (QED) is 0.631. The number of hydrogen-bond acceptors (Lipinski definition) is 4. The number of likely N-dealkylation sites (tertiary alicyclic amines) is 1. The molecular weight excluding hydrogens is 208 g/mol. The maximum Gasteiger partial charge on any atom is 0.248 e. The lowest BCUT2D eigenvalue weighted by Crippen LogP contribution is -2.57. The van der Waals surface area contributed by atoms with E-state index in [4.69, 9.17) is 4.74 Å². The molecule has 3 fully saturated rings. The fraction of sp³-hybridized carbons (Fsp3) is 0.909. The van der Waals surface area contributed by atoms with E-state index < -0.39 is 6.10 Å². The summed E-state index contributed by atoms with van der Waals surface area (Å²) in [6.45, 7) is 0.909. The maximum absolute atomic E-state index is 11.9. The maximum atomic E-state index is 11.9. The zero-order chi connectivity index (χ0) is 11.3. The third kappa shape index (κ3) is 1.38. The van der Waals surface area contributed by atoms with E-state index in [-0.39, 0.29) is 30.6 Å². The van der Waals surface area contributed by atoms with Gasteiger partial charge in [-0.3, -0.25) is 4.79 Å². The van der Waals surface area contributed by atoms with Gasteiger partial charge in [0.2, 0.25) is 5.91 Å². The number of rotatable bonds is 2. The van der Waals surface area contributed by atoms with Crippen LogP contribution in [0.15, 0.2) is 0 Å². The molecule has 3 bridgehead atoms. The Morgan fingerprint density at radius 1 is 1.50 bits per heavy atom. The molecule has 5 heteroatoms. The molecule has 0 aromatic rings. The zero-order valence-electron chi connectivity index (χ0n) is 9.43. The molecule has 1 amide bonds. The second-order valence-electron chi connectivity index (χ2n) is 5.18. The van der Waals surface area contributed by atoms with Gasteiger partial charge in [0, 0.05) is 25.7 Å². The van der Waals surface area contributed by atoms with E-state index in [1.165, 1.54) is 7.11 Å². The first-order valence-corrected chi connectivity index (χ1v) is 5.93. The number of nitrogens with zero attached hydrogens (tertiary/aromatic N) is 1. The second kappa shape index (κ2) is 3.68. The summed E-state index contributed by atoms with van der Waals surface area (Å²) in [5, 5.41) is 13.6. The van der Waals surface area contributed by atoms with Crippen molar-refractivity contribution in [3.8, 4) is 0 Å². The van der Waals surface area contributed by atoms with Crippen LogP contribution in [0.2, 0.25) is 0 Å². The van der Waals surface area contributed by atoms with Crippen LogP contribution in [0.3, 0.4) is 0 Å². The summed E-state index contributed by atoms with van der Waals surface area (Å²) in [5.74, 6) is 0.552. The van der Waals surface area contributed by atoms with E-state index in [1.54, 1.807) is 0 Å². The van der Waals surface area contributed by atoms with Gasteiger partial charge in [0.25, 0.3) is 0 Å². The van der Waals surface area contributed by atoms with Gasteiger partial charge < -0.3 is 20.1 Å². The fourth-order valence-electron chi connectivity index (χ4n) is 3.60. The molecule has 0 aromatic carbocycles. The summed E-state index contributed by atoms with van der Waals surface area (Å²) >= 11 is 0. The number of aliphatic hydroxyl groups is 1. The number of methoxy groups -OCH3 is 1. The van der Waals surface area contributed by atoms with Crippen molar-refractivity contribution in [3.05, 3.63) is 0 Å². The molecule has 0 aliphatic carbocycles. The predicted octanol–water partition coefficient (Wildman–Crippen LogP) is -1.05. The summed E-state index contributed by atoms with van der Waals surface area (Å²) in [4.78, 5) is 13.7. The third-order valence-corrected chi connectivity index (χ3v) is 4.18. The smallest absolute Gasteiger partial charge is 0.248 e. The van der Waals surface area contributed by atoms with Crippen LogP contribution in [-0.4, -0.2) is 60.4 Å². The van der Waals surface area contributed by atoms with Crippen LogP contribution < -0.4 is 5.32 Å². The van der Waals surface area contributed by atoms with Gasteiger partial charge in [0.15, 0.2) is 0 Å². The average Bonchev–Trinajstić information content (AvgIpc) is 2.41. The minimum atomic E-state index is -0.404. The van der Waals surface area contributed by atoms with Gasteiger partial charge in [-0.15, -0.1) is 0 Å². The molecule has 16 heavy (non-hydrogen) atoms. The van der Waals surface area contributed by atoms with Gasteiger partial charge in [0.1, 0.15) is 6.61 Å². The van der Waals surface area contributed by atoms with E-state index >= 15 is 0 Å². The highest BCUT2D eigenvalue weighted by atomic mass is 16.5. The van der Waals surface area contributed by atoms with Crippen molar-refractivity contribution in [3.63, 3.8) is 0 Å². The summed E-state index contributed by atoms with van der Waals surface area (Å²) in [6.07, 6.45) is 1.68. The molecule has 90 valence electrons. The first kappa shape index (κ1) is 10.5. The fourth-order valence-corrected chi connectivity index (χ4v) is 3.60. The Kier molecular flexibility index (Phi) is 2.42. The van der Waals surface area contributed by atoms with Gasteiger partial charge >= 0.3 is 0 Å². The Hall–Kier alpha value is -0.650. The molecule has 0 saturated carbocycles. The monoisotopic (exact) mass is 226 g/mol. The Morgan fingerprint density at radius 3 is 3.00 bits per heavy atom. The second-order valence-corrected chi connectivity index (χ2v) is 5.18. The molecule has 3 saturated heterocycles. The van der Waals surface area contributed by atoms with Gasteiger partial charge in [-0.1, -0.05) is 0 Å². The molecule has 3 heterocycles. The number of aliphatic hydroxyl groups excluding tert-OH is 1. The predicted molar refractivity (Wildman–Crippen MR) is 56.8 cm³/mol.